The summed E-state index contributed by atoms with van der Waals surface area (Å²) in [6.45, 7) is 6.19. The highest BCUT2D eigenvalue weighted by Crippen LogP contribution is 2.30. The molecule has 2 aromatic heterocycles. The van der Waals surface area contributed by atoms with E-state index in [9.17, 15) is 4.39 Å². The molecule has 0 aliphatic rings. The summed E-state index contributed by atoms with van der Waals surface area (Å²) in [6, 6.07) is 10.8. The van der Waals surface area contributed by atoms with Gasteiger partial charge in [0.25, 0.3) is 0 Å². The van der Waals surface area contributed by atoms with Crippen molar-refractivity contribution in [1.82, 2.24) is 19.7 Å². The van der Waals surface area contributed by atoms with Crippen molar-refractivity contribution in [1.29, 1.82) is 0 Å². The largest absolute Gasteiger partial charge is 0.383 e. The van der Waals surface area contributed by atoms with E-state index in [2.05, 4.69) is 30.7 Å². The quantitative estimate of drug-likeness (QED) is 0.593. The van der Waals surface area contributed by atoms with Gasteiger partial charge in [-0.2, -0.15) is 5.10 Å². The molecule has 0 aliphatic carbocycles. The second-order valence-corrected chi connectivity index (χ2v) is 7.42. The average Bonchev–Trinajstić information content (AvgIpc) is 2.96. The summed E-state index contributed by atoms with van der Waals surface area (Å²) in [5.41, 5.74) is 8.39. The fourth-order valence-electron chi connectivity index (χ4n) is 3.31. The second kappa shape index (κ2) is 5.76. The van der Waals surface area contributed by atoms with E-state index in [0.29, 0.717) is 23.3 Å². The van der Waals surface area contributed by atoms with E-state index >= 15 is 0 Å². The Kier molecular flexibility index (Phi) is 3.64. The van der Waals surface area contributed by atoms with E-state index in [1.807, 2.05) is 22.9 Å². The number of aromatic nitrogens is 4. The van der Waals surface area contributed by atoms with E-state index in [1.54, 1.807) is 12.1 Å². The highest BCUT2D eigenvalue weighted by atomic mass is 19.1. The first-order chi connectivity index (χ1) is 12.4. The van der Waals surface area contributed by atoms with Gasteiger partial charge in [-0.25, -0.2) is 19.0 Å². The van der Waals surface area contributed by atoms with Crippen LogP contribution in [0.3, 0.4) is 0 Å². The molecule has 2 aromatic carbocycles. The van der Waals surface area contributed by atoms with Crippen molar-refractivity contribution in [2.45, 2.75) is 32.7 Å². The van der Waals surface area contributed by atoms with Crippen molar-refractivity contribution in [2.24, 2.45) is 0 Å². The Hall–Kier alpha value is -3.02. The lowest BCUT2D eigenvalue weighted by Gasteiger charge is -2.19. The molecule has 2 heterocycles. The fraction of sp³-hybridized carbons (Fsp3) is 0.250. The number of anilines is 1. The van der Waals surface area contributed by atoms with Gasteiger partial charge in [0.05, 0.1) is 16.6 Å². The molecule has 4 aromatic rings. The number of hydrogen-bond donors (Lipinski definition) is 1. The van der Waals surface area contributed by atoms with Gasteiger partial charge in [-0.05, 0) is 37.8 Å². The smallest absolute Gasteiger partial charge is 0.164 e. The fourth-order valence-corrected chi connectivity index (χ4v) is 3.31. The zero-order valence-corrected chi connectivity index (χ0v) is 15.0. The number of halogens is 1. The molecule has 5 nitrogen and oxygen atoms in total. The molecule has 26 heavy (non-hydrogen) atoms. The molecule has 0 unspecified atom stereocenters. The number of benzene rings is 2. The van der Waals surface area contributed by atoms with Crippen molar-refractivity contribution in [3.63, 3.8) is 0 Å². The van der Waals surface area contributed by atoms with Gasteiger partial charge in [0.1, 0.15) is 18.0 Å². The van der Waals surface area contributed by atoms with E-state index in [0.717, 1.165) is 22.0 Å². The minimum absolute atomic E-state index is 0.225. The summed E-state index contributed by atoms with van der Waals surface area (Å²) in [5.74, 6) is 0.184. The number of fused-ring (bicyclic) bond motifs is 2. The molecule has 132 valence electrons. The number of nitrogens with zero attached hydrogens (tertiary/aromatic N) is 4. The second-order valence-electron chi connectivity index (χ2n) is 7.42. The minimum atomic E-state index is -0.248. The summed E-state index contributed by atoms with van der Waals surface area (Å²) in [5, 5.41) is 7.03. The molecular weight excluding hydrogens is 329 g/mol. The molecule has 0 radical (unpaired) electrons. The molecule has 2 N–H and O–H groups in total. The first-order valence-electron chi connectivity index (χ1n) is 8.51. The van der Waals surface area contributed by atoms with Crippen molar-refractivity contribution in [3.05, 3.63) is 59.8 Å². The van der Waals surface area contributed by atoms with Gasteiger partial charge in [0.15, 0.2) is 5.65 Å². The van der Waals surface area contributed by atoms with Crippen molar-refractivity contribution >= 4 is 27.6 Å². The van der Waals surface area contributed by atoms with Crippen LogP contribution >= 0.6 is 0 Å². The maximum absolute atomic E-state index is 14.1. The van der Waals surface area contributed by atoms with Gasteiger partial charge < -0.3 is 5.73 Å². The molecule has 0 saturated carbocycles. The lowest BCUT2D eigenvalue weighted by Crippen LogP contribution is -2.23. The molecule has 0 bridgehead atoms. The lowest BCUT2D eigenvalue weighted by molar-refractivity contribution is 0.363. The molecule has 0 atom stereocenters. The first kappa shape index (κ1) is 16.4. The number of nitrogens with two attached hydrogens (primary N) is 1. The van der Waals surface area contributed by atoms with Crippen LogP contribution in [0.1, 0.15) is 32.0 Å². The zero-order valence-electron chi connectivity index (χ0n) is 15.0. The molecule has 6 heteroatoms. The molecule has 0 fully saturated rings. The molecular formula is C20H20FN5. The third-order valence-corrected chi connectivity index (χ3v) is 4.52. The summed E-state index contributed by atoms with van der Waals surface area (Å²) in [6.07, 6.45) is 1.98. The van der Waals surface area contributed by atoms with Crippen LogP contribution in [-0.4, -0.2) is 19.7 Å². The summed E-state index contributed by atoms with van der Waals surface area (Å²) < 4.78 is 16.0. The normalized spacial score (nSPS) is 12.2. The maximum Gasteiger partial charge on any atom is 0.164 e. The van der Waals surface area contributed by atoms with E-state index in [-0.39, 0.29) is 11.4 Å². The zero-order chi connectivity index (χ0) is 18.5. The molecule has 0 aliphatic heterocycles. The molecule has 0 amide bonds. The number of rotatable bonds is 2. The van der Waals surface area contributed by atoms with Gasteiger partial charge in [0.2, 0.25) is 0 Å². The Morgan fingerprint density at radius 3 is 2.54 bits per heavy atom. The number of nitrogen functional groups attached to an aromatic ring is 1. The third-order valence-electron chi connectivity index (χ3n) is 4.52. The van der Waals surface area contributed by atoms with Gasteiger partial charge in [-0.15, -0.1) is 0 Å². The first-order valence-corrected chi connectivity index (χ1v) is 8.51. The number of hydrogen-bond acceptors (Lipinski definition) is 4. The predicted molar refractivity (Wildman–Crippen MR) is 101 cm³/mol. The van der Waals surface area contributed by atoms with Crippen LogP contribution in [0, 0.1) is 5.82 Å². The van der Waals surface area contributed by atoms with Crippen LogP contribution in [-0.2, 0) is 12.0 Å². The Bertz CT molecular complexity index is 1120. The Morgan fingerprint density at radius 1 is 1.04 bits per heavy atom. The SMILES string of the molecule is CC(C)(C)n1nc(Cc2cccc3c(F)cccc23)c2c(N)ncnc21. The van der Waals surface area contributed by atoms with E-state index in [4.69, 9.17) is 10.8 Å². The van der Waals surface area contributed by atoms with Gasteiger partial charge in [-0.1, -0.05) is 30.3 Å². The summed E-state index contributed by atoms with van der Waals surface area (Å²) in [4.78, 5) is 8.53. The van der Waals surface area contributed by atoms with Gasteiger partial charge in [-0.3, -0.25) is 0 Å². The van der Waals surface area contributed by atoms with Crippen LogP contribution in [0.4, 0.5) is 10.2 Å². The highest BCUT2D eigenvalue weighted by Gasteiger charge is 2.23. The highest BCUT2D eigenvalue weighted by molar-refractivity contribution is 5.90. The van der Waals surface area contributed by atoms with Crippen molar-refractivity contribution in [3.8, 4) is 0 Å². The topological polar surface area (TPSA) is 69.6 Å². The molecule has 0 spiro atoms. The molecule has 4 rings (SSSR count). The van der Waals surface area contributed by atoms with Crippen LogP contribution in [0.5, 0.6) is 0 Å². The predicted octanol–water partition coefficient (Wildman–Crippen LogP) is 4.05. The Labute approximate surface area is 150 Å². The van der Waals surface area contributed by atoms with E-state index < -0.39 is 0 Å². The lowest BCUT2D eigenvalue weighted by atomic mass is 10.00. The van der Waals surface area contributed by atoms with Crippen molar-refractivity contribution in [2.75, 3.05) is 5.73 Å². The van der Waals surface area contributed by atoms with E-state index in [1.165, 1.54) is 12.4 Å². The average molecular weight is 349 g/mol. The van der Waals surface area contributed by atoms with Crippen LogP contribution < -0.4 is 5.73 Å². The van der Waals surface area contributed by atoms with Crippen molar-refractivity contribution < 1.29 is 4.39 Å². The van der Waals surface area contributed by atoms with Crippen LogP contribution in [0.2, 0.25) is 0 Å². The summed E-state index contributed by atoms with van der Waals surface area (Å²) in [7, 11) is 0. The summed E-state index contributed by atoms with van der Waals surface area (Å²) >= 11 is 0. The van der Waals surface area contributed by atoms with Crippen LogP contribution in [0.15, 0.2) is 42.7 Å². The standard InChI is InChI=1S/C20H20FN5/c1-20(2,3)26-19-17(18(22)23-11-24-19)16(25-26)10-12-6-4-8-14-13(12)7-5-9-15(14)21/h4-9,11H,10H2,1-3H3,(H2,22,23,24). The minimum Gasteiger partial charge on any atom is -0.383 e. The monoisotopic (exact) mass is 349 g/mol. The molecule has 0 saturated heterocycles. The van der Waals surface area contributed by atoms with Crippen LogP contribution in [0.25, 0.3) is 21.8 Å². The third kappa shape index (κ3) is 2.58. The Balaban J connectivity index is 1.93. The Morgan fingerprint density at radius 2 is 1.77 bits per heavy atom. The maximum atomic E-state index is 14.1. The van der Waals surface area contributed by atoms with Gasteiger partial charge in [0, 0.05) is 11.8 Å². The van der Waals surface area contributed by atoms with Gasteiger partial charge >= 0.3 is 0 Å².